The lowest BCUT2D eigenvalue weighted by molar-refractivity contribution is -0.147. The number of carbonyl (C=O) groups is 2. The Labute approximate surface area is 95.9 Å². The molecule has 2 aliphatic rings. The first-order chi connectivity index (χ1) is 7.65. The number of carbonyl (C=O) groups excluding carboxylic acids is 2. The van der Waals surface area contributed by atoms with Crippen molar-refractivity contribution in [2.45, 2.75) is 39.0 Å². The maximum atomic E-state index is 11.8. The van der Waals surface area contributed by atoms with Gasteiger partial charge in [-0.3, -0.25) is 9.59 Å². The van der Waals surface area contributed by atoms with Crippen LogP contribution in [0.25, 0.3) is 0 Å². The monoisotopic (exact) mass is 225 g/mol. The summed E-state index contributed by atoms with van der Waals surface area (Å²) in [6, 6.07) is 0. The molecule has 1 saturated carbocycles. The summed E-state index contributed by atoms with van der Waals surface area (Å²) in [7, 11) is 0. The molecule has 0 radical (unpaired) electrons. The van der Waals surface area contributed by atoms with Gasteiger partial charge in [0.15, 0.2) is 0 Å². The molecule has 16 heavy (non-hydrogen) atoms. The number of rotatable bonds is 3. The van der Waals surface area contributed by atoms with Crippen molar-refractivity contribution < 1.29 is 14.3 Å². The van der Waals surface area contributed by atoms with E-state index in [9.17, 15) is 9.59 Å². The third-order valence-electron chi connectivity index (χ3n) is 3.69. The van der Waals surface area contributed by atoms with Crippen LogP contribution in [0.1, 0.15) is 39.0 Å². The van der Waals surface area contributed by atoms with Crippen LogP contribution < -0.4 is 0 Å². The lowest BCUT2D eigenvalue weighted by atomic mass is 9.85. The largest absolute Gasteiger partial charge is 0.465 e. The number of esters is 1. The van der Waals surface area contributed by atoms with E-state index in [4.69, 9.17) is 4.74 Å². The summed E-state index contributed by atoms with van der Waals surface area (Å²) in [4.78, 5) is 24.8. The standard InChI is InChI=1S/C12H19NO3/c1-2-16-11(15)8-13-9-12(7-10(13)14)5-3-4-6-12/h2-9H2,1H3. The molecule has 4 nitrogen and oxygen atoms in total. The second-order valence-electron chi connectivity index (χ2n) is 4.94. The van der Waals surface area contributed by atoms with Crippen molar-refractivity contribution >= 4 is 11.9 Å². The molecular formula is C12H19NO3. The fourth-order valence-electron chi connectivity index (χ4n) is 2.95. The summed E-state index contributed by atoms with van der Waals surface area (Å²) in [5.41, 5.74) is 0.184. The molecule has 1 heterocycles. The molecule has 1 aliphatic heterocycles. The minimum absolute atomic E-state index is 0.120. The van der Waals surface area contributed by atoms with Gasteiger partial charge in [0, 0.05) is 13.0 Å². The van der Waals surface area contributed by atoms with E-state index in [1.54, 1.807) is 11.8 Å². The molecule has 0 atom stereocenters. The highest BCUT2D eigenvalue weighted by molar-refractivity contribution is 5.84. The fourth-order valence-corrected chi connectivity index (χ4v) is 2.95. The van der Waals surface area contributed by atoms with Crippen molar-refractivity contribution in [3.8, 4) is 0 Å². The lowest BCUT2D eigenvalue weighted by Crippen LogP contribution is -2.33. The van der Waals surface area contributed by atoms with Crippen LogP contribution in [0.2, 0.25) is 0 Å². The normalized spacial score (nSPS) is 23.1. The van der Waals surface area contributed by atoms with E-state index in [1.807, 2.05) is 0 Å². The molecule has 1 spiro atoms. The van der Waals surface area contributed by atoms with Gasteiger partial charge >= 0.3 is 5.97 Å². The van der Waals surface area contributed by atoms with Gasteiger partial charge in [0.2, 0.25) is 5.91 Å². The Morgan fingerprint density at radius 3 is 2.75 bits per heavy atom. The Hall–Kier alpha value is -1.06. The summed E-state index contributed by atoms with van der Waals surface area (Å²) < 4.78 is 4.87. The van der Waals surface area contributed by atoms with Crippen LogP contribution in [0.15, 0.2) is 0 Å². The Morgan fingerprint density at radius 2 is 2.12 bits per heavy atom. The Bertz CT molecular complexity index is 295. The Balaban J connectivity index is 1.92. The first-order valence-corrected chi connectivity index (χ1v) is 6.09. The second-order valence-corrected chi connectivity index (χ2v) is 4.94. The van der Waals surface area contributed by atoms with Crippen LogP contribution in [-0.4, -0.2) is 36.5 Å². The quantitative estimate of drug-likeness (QED) is 0.681. The fraction of sp³-hybridized carbons (Fsp3) is 0.833. The van der Waals surface area contributed by atoms with Gasteiger partial charge in [-0.1, -0.05) is 12.8 Å². The van der Waals surface area contributed by atoms with E-state index < -0.39 is 0 Å². The van der Waals surface area contributed by atoms with Crippen molar-refractivity contribution in [3.05, 3.63) is 0 Å². The zero-order valence-corrected chi connectivity index (χ0v) is 9.83. The third-order valence-corrected chi connectivity index (χ3v) is 3.69. The highest BCUT2D eigenvalue weighted by Crippen LogP contribution is 2.45. The SMILES string of the molecule is CCOC(=O)CN1CC2(CCCC2)CC1=O. The summed E-state index contributed by atoms with van der Waals surface area (Å²) in [6.07, 6.45) is 5.35. The molecule has 0 unspecified atom stereocenters. The predicted molar refractivity (Wildman–Crippen MR) is 58.7 cm³/mol. The lowest BCUT2D eigenvalue weighted by Gasteiger charge is -2.22. The number of hydrogen-bond donors (Lipinski definition) is 0. The molecule has 0 aromatic rings. The smallest absolute Gasteiger partial charge is 0.325 e. The number of likely N-dealkylation sites (tertiary alicyclic amines) is 1. The number of ether oxygens (including phenoxy) is 1. The van der Waals surface area contributed by atoms with Gasteiger partial charge in [0.1, 0.15) is 6.54 Å². The molecule has 1 saturated heterocycles. The van der Waals surface area contributed by atoms with Gasteiger partial charge in [-0.25, -0.2) is 0 Å². The van der Waals surface area contributed by atoms with Gasteiger partial charge in [0.05, 0.1) is 6.61 Å². The Kier molecular flexibility index (Phi) is 3.17. The van der Waals surface area contributed by atoms with Crippen LogP contribution in [0, 0.1) is 5.41 Å². The third kappa shape index (κ3) is 2.20. The van der Waals surface area contributed by atoms with Crippen molar-refractivity contribution in [2.24, 2.45) is 5.41 Å². The molecule has 1 amide bonds. The van der Waals surface area contributed by atoms with Crippen molar-refractivity contribution in [3.63, 3.8) is 0 Å². The van der Waals surface area contributed by atoms with Crippen LogP contribution in [0.5, 0.6) is 0 Å². The van der Waals surface area contributed by atoms with E-state index in [-0.39, 0.29) is 23.8 Å². The maximum Gasteiger partial charge on any atom is 0.325 e. The molecule has 0 aromatic heterocycles. The van der Waals surface area contributed by atoms with E-state index in [1.165, 1.54) is 12.8 Å². The molecule has 0 aromatic carbocycles. The highest BCUT2D eigenvalue weighted by atomic mass is 16.5. The number of amides is 1. The molecular weight excluding hydrogens is 206 g/mol. The van der Waals surface area contributed by atoms with Gasteiger partial charge in [-0.15, -0.1) is 0 Å². The van der Waals surface area contributed by atoms with Gasteiger partial charge in [-0.2, -0.15) is 0 Å². The highest BCUT2D eigenvalue weighted by Gasteiger charge is 2.45. The first kappa shape index (κ1) is 11.4. The molecule has 2 rings (SSSR count). The number of hydrogen-bond acceptors (Lipinski definition) is 3. The van der Waals surface area contributed by atoms with E-state index in [2.05, 4.69) is 0 Å². The van der Waals surface area contributed by atoms with E-state index in [0.29, 0.717) is 13.0 Å². The van der Waals surface area contributed by atoms with Crippen LogP contribution in [-0.2, 0) is 14.3 Å². The van der Waals surface area contributed by atoms with E-state index in [0.717, 1.165) is 19.4 Å². The summed E-state index contributed by atoms with van der Waals surface area (Å²) >= 11 is 0. The number of nitrogens with zero attached hydrogens (tertiary/aromatic N) is 1. The van der Waals surface area contributed by atoms with Crippen molar-refractivity contribution in [1.82, 2.24) is 4.90 Å². The zero-order chi connectivity index (χ0) is 11.6. The molecule has 0 N–H and O–H groups in total. The summed E-state index contributed by atoms with van der Waals surface area (Å²) in [5.74, 6) is -0.166. The average molecular weight is 225 g/mol. The summed E-state index contributed by atoms with van der Waals surface area (Å²) in [6.45, 7) is 3.05. The van der Waals surface area contributed by atoms with Crippen LogP contribution in [0.3, 0.4) is 0 Å². The van der Waals surface area contributed by atoms with Crippen molar-refractivity contribution in [2.75, 3.05) is 19.7 Å². The van der Waals surface area contributed by atoms with Gasteiger partial charge < -0.3 is 9.64 Å². The second kappa shape index (κ2) is 4.44. The first-order valence-electron chi connectivity index (χ1n) is 6.09. The molecule has 90 valence electrons. The maximum absolute atomic E-state index is 11.8. The average Bonchev–Trinajstić information content (AvgIpc) is 2.76. The predicted octanol–water partition coefficient (Wildman–Crippen LogP) is 1.34. The topological polar surface area (TPSA) is 46.6 Å². The van der Waals surface area contributed by atoms with Crippen molar-refractivity contribution in [1.29, 1.82) is 0 Å². The van der Waals surface area contributed by atoms with E-state index >= 15 is 0 Å². The molecule has 4 heteroatoms. The zero-order valence-electron chi connectivity index (χ0n) is 9.83. The Morgan fingerprint density at radius 1 is 1.44 bits per heavy atom. The van der Waals surface area contributed by atoms with Gasteiger partial charge in [0.25, 0.3) is 0 Å². The van der Waals surface area contributed by atoms with Crippen LogP contribution in [0.4, 0.5) is 0 Å². The van der Waals surface area contributed by atoms with Crippen LogP contribution >= 0.6 is 0 Å². The summed E-state index contributed by atoms with van der Waals surface area (Å²) in [5, 5.41) is 0. The molecule has 0 bridgehead atoms. The minimum Gasteiger partial charge on any atom is -0.465 e. The van der Waals surface area contributed by atoms with Gasteiger partial charge in [-0.05, 0) is 25.2 Å². The molecule has 2 fully saturated rings. The molecule has 1 aliphatic carbocycles. The minimum atomic E-state index is -0.286.